The average molecular weight is 316 g/mol. The molecule has 0 spiro atoms. The van der Waals surface area contributed by atoms with Crippen LogP contribution in [-0.2, 0) is 13.1 Å². The minimum atomic E-state index is 0.653. The van der Waals surface area contributed by atoms with Gasteiger partial charge in [0, 0.05) is 22.1 Å². The maximum atomic E-state index is 5.94. The van der Waals surface area contributed by atoms with E-state index in [1.165, 1.54) is 0 Å². The predicted molar refractivity (Wildman–Crippen MR) is 70.9 cm³/mol. The molecule has 1 N–H and O–H groups in total. The molecule has 0 radical (unpaired) electrons. The molecule has 90 valence electrons. The van der Waals surface area contributed by atoms with Crippen LogP contribution in [0, 0.1) is 6.92 Å². The summed E-state index contributed by atoms with van der Waals surface area (Å²) in [5.41, 5.74) is 2.01. The van der Waals surface area contributed by atoms with E-state index in [2.05, 4.69) is 26.4 Å². The number of halogens is 2. The molecule has 5 heteroatoms. The van der Waals surface area contributed by atoms with Crippen molar-refractivity contribution in [3.8, 4) is 0 Å². The van der Waals surface area contributed by atoms with Gasteiger partial charge in [0.2, 0.25) is 0 Å². The Morgan fingerprint density at radius 3 is 2.88 bits per heavy atom. The molecule has 2 aromatic rings. The Balaban J connectivity index is 1.91. The Kier molecular flexibility index (Phi) is 4.20. The van der Waals surface area contributed by atoms with E-state index in [-0.39, 0.29) is 0 Å². The van der Waals surface area contributed by atoms with E-state index in [0.29, 0.717) is 6.54 Å². The van der Waals surface area contributed by atoms with Gasteiger partial charge in [0.25, 0.3) is 0 Å². The van der Waals surface area contributed by atoms with Crippen molar-refractivity contribution < 1.29 is 4.52 Å². The second kappa shape index (κ2) is 5.67. The topological polar surface area (TPSA) is 38.1 Å². The molecule has 0 amide bonds. The molecule has 1 aromatic carbocycles. The Morgan fingerprint density at radius 2 is 2.18 bits per heavy atom. The van der Waals surface area contributed by atoms with Crippen LogP contribution in [0.1, 0.15) is 17.0 Å². The monoisotopic (exact) mass is 314 g/mol. The lowest BCUT2D eigenvalue weighted by Gasteiger charge is -2.05. The van der Waals surface area contributed by atoms with Crippen molar-refractivity contribution in [2.45, 2.75) is 20.0 Å². The summed E-state index contributed by atoms with van der Waals surface area (Å²) in [6, 6.07) is 7.65. The lowest BCUT2D eigenvalue weighted by atomic mass is 10.2. The van der Waals surface area contributed by atoms with Gasteiger partial charge in [-0.3, -0.25) is 0 Å². The number of aromatic nitrogens is 1. The standard InChI is InChI=1S/C12H12BrClN2O/c1-8-4-11(17-16-8)7-15-6-9-5-10(14)2-3-12(9)13/h2-5,15H,6-7H2,1H3. The highest BCUT2D eigenvalue weighted by Crippen LogP contribution is 2.21. The quantitative estimate of drug-likeness (QED) is 0.935. The second-order valence-corrected chi connectivity index (χ2v) is 5.06. The predicted octanol–water partition coefficient (Wildman–Crippen LogP) is 3.69. The summed E-state index contributed by atoms with van der Waals surface area (Å²) < 4.78 is 6.15. The van der Waals surface area contributed by atoms with Gasteiger partial charge in [-0.05, 0) is 30.7 Å². The summed E-state index contributed by atoms with van der Waals surface area (Å²) in [6.45, 7) is 3.28. The largest absolute Gasteiger partial charge is 0.360 e. The van der Waals surface area contributed by atoms with Crippen LogP contribution in [-0.4, -0.2) is 5.16 Å². The van der Waals surface area contributed by atoms with Crippen LogP contribution in [0.5, 0.6) is 0 Å². The van der Waals surface area contributed by atoms with Crippen molar-refractivity contribution in [3.05, 3.63) is 50.8 Å². The number of rotatable bonds is 4. The van der Waals surface area contributed by atoms with Crippen LogP contribution in [0.2, 0.25) is 5.02 Å². The van der Waals surface area contributed by atoms with Crippen LogP contribution in [0.15, 0.2) is 33.3 Å². The summed E-state index contributed by atoms with van der Waals surface area (Å²) in [4.78, 5) is 0. The molecule has 2 rings (SSSR count). The molecular formula is C12H12BrClN2O. The normalized spacial score (nSPS) is 10.8. The first kappa shape index (κ1) is 12.6. The van der Waals surface area contributed by atoms with E-state index in [9.17, 15) is 0 Å². The zero-order valence-corrected chi connectivity index (χ0v) is 11.7. The molecule has 0 saturated heterocycles. The number of nitrogens with one attached hydrogen (secondary N) is 1. The number of aryl methyl sites for hydroxylation is 1. The van der Waals surface area contributed by atoms with Gasteiger partial charge in [-0.1, -0.05) is 32.7 Å². The lowest BCUT2D eigenvalue weighted by Crippen LogP contribution is -2.12. The van der Waals surface area contributed by atoms with E-state index >= 15 is 0 Å². The number of benzene rings is 1. The van der Waals surface area contributed by atoms with Crippen LogP contribution < -0.4 is 5.32 Å². The van der Waals surface area contributed by atoms with E-state index in [0.717, 1.165) is 33.1 Å². The molecule has 0 aliphatic heterocycles. The van der Waals surface area contributed by atoms with Gasteiger partial charge in [-0.2, -0.15) is 0 Å². The summed E-state index contributed by atoms with van der Waals surface area (Å²) in [7, 11) is 0. The zero-order valence-electron chi connectivity index (χ0n) is 9.34. The van der Waals surface area contributed by atoms with Crippen molar-refractivity contribution in [1.29, 1.82) is 0 Å². The van der Waals surface area contributed by atoms with Gasteiger partial charge in [0.15, 0.2) is 5.76 Å². The van der Waals surface area contributed by atoms with Gasteiger partial charge in [0.1, 0.15) is 0 Å². The van der Waals surface area contributed by atoms with Gasteiger partial charge in [0.05, 0.1) is 12.2 Å². The molecule has 1 aromatic heterocycles. The third kappa shape index (κ3) is 3.56. The lowest BCUT2D eigenvalue weighted by molar-refractivity contribution is 0.369. The first-order valence-electron chi connectivity index (χ1n) is 5.22. The van der Waals surface area contributed by atoms with Gasteiger partial charge < -0.3 is 9.84 Å². The summed E-state index contributed by atoms with van der Waals surface area (Å²) in [5.74, 6) is 0.834. The molecule has 0 bridgehead atoms. The minimum absolute atomic E-state index is 0.653. The van der Waals surface area contributed by atoms with E-state index < -0.39 is 0 Å². The Labute approximate surface area is 113 Å². The number of hydrogen-bond donors (Lipinski definition) is 1. The van der Waals surface area contributed by atoms with Crippen molar-refractivity contribution in [2.75, 3.05) is 0 Å². The van der Waals surface area contributed by atoms with E-state index in [1.807, 2.05) is 31.2 Å². The maximum Gasteiger partial charge on any atom is 0.150 e. The van der Waals surface area contributed by atoms with Crippen LogP contribution in [0.3, 0.4) is 0 Å². The SMILES string of the molecule is Cc1cc(CNCc2cc(Cl)ccc2Br)on1. The molecule has 0 atom stereocenters. The van der Waals surface area contributed by atoms with Gasteiger partial charge in [-0.15, -0.1) is 0 Å². The molecule has 0 fully saturated rings. The summed E-state index contributed by atoms with van der Waals surface area (Å²) >= 11 is 9.43. The van der Waals surface area contributed by atoms with Crippen molar-refractivity contribution >= 4 is 27.5 Å². The maximum absolute atomic E-state index is 5.94. The highest BCUT2D eigenvalue weighted by atomic mass is 79.9. The van der Waals surface area contributed by atoms with Crippen LogP contribution in [0.25, 0.3) is 0 Å². The molecule has 0 aliphatic carbocycles. The Morgan fingerprint density at radius 1 is 1.35 bits per heavy atom. The first-order valence-corrected chi connectivity index (χ1v) is 6.39. The first-order chi connectivity index (χ1) is 8.15. The molecule has 0 saturated carbocycles. The molecule has 3 nitrogen and oxygen atoms in total. The highest BCUT2D eigenvalue weighted by molar-refractivity contribution is 9.10. The average Bonchev–Trinajstić information content (AvgIpc) is 2.69. The zero-order chi connectivity index (χ0) is 12.3. The van der Waals surface area contributed by atoms with Crippen molar-refractivity contribution in [2.24, 2.45) is 0 Å². The summed E-state index contributed by atoms with van der Waals surface area (Å²) in [5, 5.41) is 7.84. The fraction of sp³-hybridized carbons (Fsp3) is 0.250. The van der Waals surface area contributed by atoms with Gasteiger partial charge >= 0.3 is 0 Å². The van der Waals surface area contributed by atoms with E-state index in [1.54, 1.807) is 0 Å². The van der Waals surface area contributed by atoms with Crippen LogP contribution in [0.4, 0.5) is 0 Å². The molecule has 0 unspecified atom stereocenters. The second-order valence-electron chi connectivity index (χ2n) is 3.77. The van der Waals surface area contributed by atoms with Crippen molar-refractivity contribution in [3.63, 3.8) is 0 Å². The number of hydrogen-bond acceptors (Lipinski definition) is 3. The Hall–Kier alpha value is -0.840. The smallest absolute Gasteiger partial charge is 0.150 e. The fourth-order valence-corrected chi connectivity index (χ4v) is 2.08. The third-order valence-electron chi connectivity index (χ3n) is 2.30. The molecule has 0 aliphatic rings. The van der Waals surface area contributed by atoms with Crippen LogP contribution >= 0.6 is 27.5 Å². The molecule has 17 heavy (non-hydrogen) atoms. The van der Waals surface area contributed by atoms with Gasteiger partial charge in [-0.25, -0.2) is 0 Å². The Bertz CT molecular complexity index is 513. The fourth-order valence-electron chi connectivity index (χ4n) is 1.50. The van der Waals surface area contributed by atoms with E-state index in [4.69, 9.17) is 16.1 Å². The highest BCUT2D eigenvalue weighted by Gasteiger charge is 2.03. The molecule has 1 heterocycles. The third-order valence-corrected chi connectivity index (χ3v) is 3.31. The number of nitrogens with zero attached hydrogens (tertiary/aromatic N) is 1. The minimum Gasteiger partial charge on any atom is -0.360 e. The summed E-state index contributed by atoms with van der Waals surface area (Å²) in [6.07, 6.45) is 0. The van der Waals surface area contributed by atoms with Crippen molar-refractivity contribution in [1.82, 2.24) is 10.5 Å². The molecular weight excluding hydrogens is 304 g/mol.